The normalized spacial score (nSPS) is 20.7. The van der Waals surface area contributed by atoms with Crippen molar-refractivity contribution in [1.82, 2.24) is 14.5 Å². The maximum Gasteiger partial charge on any atom is 0.409 e. The number of carboxylic acids is 1. The molecule has 1 saturated carbocycles. The number of rotatable bonds is 5. The van der Waals surface area contributed by atoms with Crippen molar-refractivity contribution in [1.29, 1.82) is 0 Å². The van der Waals surface area contributed by atoms with E-state index >= 15 is 0 Å². The number of hydrogen-bond donors (Lipinski definition) is 1. The average Bonchev–Trinajstić information content (AvgIpc) is 3.28. The van der Waals surface area contributed by atoms with Gasteiger partial charge in [0.1, 0.15) is 5.82 Å². The number of fused-ring (bicyclic) bond motifs is 3. The molecule has 190 valence electrons. The van der Waals surface area contributed by atoms with Crippen LogP contribution in [0.3, 0.4) is 0 Å². The molecule has 1 aliphatic carbocycles. The zero-order valence-corrected chi connectivity index (χ0v) is 21.4. The summed E-state index contributed by atoms with van der Waals surface area (Å²) in [5.41, 5.74) is 6.94. The molecule has 2 aliphatic rings. The zero-order valence-electron chi connectivity index (χ0n) is 21.4. The van der Waals surface area contributed by atoms with Crippen LogP contribution in [0, 0.1) is 12.8 Å². The summed E-state index contributed by atoms with van der Waals surface area (Å²) in [5.74, 6) is 0.332. The Labute approximate surface area is 212 Å². The molecule has 3 aromatic rings. The van der Waals surface area contributed by atoms with E-state index < -0.39 is 5.97 Å². The minimum atomic E-state index is -0.688. The maximum absolute atomic E-state index is 12.3. The summed E-state index contributed by atoms with van der Waals surface area (Å²) in [7, 11) is 1.42. The Morgan fingerprint density at radius 1 is 1.17 bits per heavy atom. The Bertz CT molecular complexity index is 1290. The van der Waals surface area contributed by atoms with Crippen LogP contribution in [-0.4, -0.2) is 45.3 Å². The number of aliphatic carboxylic acids is 1. The highest BCUT2D eigenvalue weighted by Gasteiger charge is 2.32. The molecule has 1 N–H and O–H groups in total. The number of benzene rings is 2. The highest BCUT2D eigenvalue weighted by atomic mass is 16.5. The number of nitrogens with zero attached hydrogens (tertiary/aromatic N) is 3. The van der Waals surface area contributed by atoms with Gasteiger partial charge in [-0.05, 0) is 69.6 Å². The van der Waals surface area contributed by atoms with Crippen molar-refractivity contribution in [3.63, 3.8) is 0 Å². The molecular weight excluding hydrogens is 454 g/mol. The lowest BCUT2D eigenvalue weighted by molar-refractivity contribution is -0.142. The van der Waals surface area contributed by atoms with Gasteiger partial charge in [0.05, 0.1) is 30.6 Å². The molecule has 1 amide bonds. The van der Waals surface area contributed by atoms with Gasteiger partial charge in [-0.3, -0.25) is 4.79 Å². The second-order valence-electron chi connectivity index (χ2n) is 10.5. The number of carbonyl (C=O) groups excluding carboxylic acids is 1. The number of carbonyl (C=O) groups is 2. The number of hydrogen-bond acceptors (Lipinski definition) is 4. The highest BCUT2D eigenvalue weighted by molar-refractivity contribution is 5.82. The van der Waals surface area contributed by atoms with Crippen LogP contribution in [0.25, 0.3) is 11.0 Å². The van der Waals surface area contributed by atoms with Gasteiger partial charge >= 0.3 is 12.1 Å². The molecule has 1 fully saturated rings. The van der Waals surface area contributed by atoms with Gasteiger partial charge in [0.2, 0.25) is 0 Å². The highest BCUT2D eigenvalue weighted by Crippen LogP contribution is 2.40. The predicted molar refractivity (Wildman–Crippen MR) is 138 cm³/mol. The molecule has 1 atom stereocenters. The molecule has 0 saturated heterocycles. The SMILES string of the molecule is COC(=O)N1CCc2ccc3c(nc([C@H]4CC[C@H](C(=O)O)CC4)n3[C@H](C)Cc3cccc(C)c3)c2C1. The number of ether oxygens (including phenoxy) is 1. The molecule has 0 unspecified atom stereocenters. The molecule has 0 radical (unpaired) electrons. The third-order valence-electron chi connectivity index (χ3n) is 8.02. The summed E-state index contributed by atoms with van der Waals surface area (Å²) >= 11 is 0. The van der Waals surface area contributed by atoms with Crippen molar-refractivity contribution in [2.45, 2.75) is 70.9 Å². The molecule has 5 rings (SSSR count). The van der Waals surface area contributed by atoms with Gasteiger partial charge in [0, 0.05) is 24.1 Å². The second-order valence-corrected chi connectivity index (χ2v) is 10.5. The molecule has 7 heteroatoms. The topological polar surface area (TPSA) is 84.7 Å². The first-order chi connectivity index (χ1) is 17.4. The number of aromatic nitrogens is 2. The Hall–Kier alpha value is -3.35. The largest absolute Gasteiger partial charge is 0.481 e. The fourth-order valence-electron chi connectivity index (χ4n) is 6.12. The van der Waals surface area contributed by atoms with E-state index in [1.165, 1.54) is 23.8 Å². The summed E-state index contributed by atoms with van der Waals surface area (Å²) in [5, 5.41) is 9.50. The van der Waals surface area contributed by atoms with Crippen LogP contribution in [0.4, 0.5) is 4.79 Å². The van der Waals surface area contributed by atoms with Gasteiger partial charge in [0.15, 0.2) is 0 Å². The van der Waals surface area contributed by atoms with Gasteiger partial charge in [-0.25, -0.2) is 9.78 Å². The fraction of sp³-hybridized carbons (Fsp3) is 0.483. The molecule has 36 heavy (non-hydrogen) atoms. The van der Waals surface area contributed by atoms with Gasteiger partial charge in [-0.1, -0.05) is 35.9 Å². The Morgan fingerprint density at radius 3 is 2.64 bits per heavy atom. The zero-order chi connectivity index (χ0) is 25.4. The molecule has 2 heterocycles. The van der Waals surface area contributed by atoms with E-state index in [1.807, 2.05) is 0 Å². The van der Waals surface area contributed by atoms with Crippen molar-refractivity contribution in [3.05, 3.63) is 64.5 Å². The van der Waals surface area contributed by atoms with E-state index in [-0.39, 0.29) is 24.0 Å². The van der Waals surface area contributed by atoms with Crippen LogP contribution in [0.2, 0.25) is 0 Å². The molecule has 7 nitrogen and oxygen atoms in total. The van der Waals surface area contributed by atoms with Crippen molar-refractivity contribution in [2.75, 3.05) is 13.7 Å². The smallest absolute Gasteiger partial charge is 0.409 e. The molecule has 1 aliphatic heterocycles. The first-order valence-corrected chi connectivity index (χ1v) is 13.0. The molecular formula is C29H35N3O4. The van der Waals surface area contributed by atoms with E-state index in [0.29, 0.717) is 25.9 Å². The Kier molecular flexibility index (Phi) is 6.73. The predicted octanol–water partition coefficient (Wildman–Crippen LogP) is 5.63. The van der Waals surface area contributed by atoms with Crippen molar-refractivity contribution < 1.29 is 19.4 Å². The monoisotopic (exact) mass is 489 g/mol. The maximum atomic E-state index is 12.3. The fourth-order valence-corrected chi connectivity index (χ4v) is 6.12. The van der Waals surface area contributed by atoms with Crippen LogP contribution in [0.15, 0.2) is 36.4 Å². The van der Waals surface area contributed by atoms with Gasteiger partial charge < -0.3 is 19.3 Å². The number of amides is 1. The van der Waals surface area contributed by atoms with Crippen LogP contribution < -0.4 is 0 Å². The lowest BCUT2D eigenvalue weighted by Crippen LogP contribution is -2.35. The van der Waals surface area contributed by atoms with Gasteiger partial charge in [0.25, 0.3) is 0 Å². The van der Waals surface area contributed by atoms with Crippen molar-refractivity contribution in [2.24, 2.45) is 5.92 Å². The van der Waals surface area contributed by atoms with Crippen LogP contribution in [-0.2, 0) is 28.9 Å². The minimum absolute atomic E-state index is 0.183. The summed E-state index contributed by atoms with van der Waals surface area (Å²) in [6.45, 7) is 5.50. The summed E-state index contributed by atoms with van der Waals surface area (Å²) < 4.78 is 7.39. The molecule has 0 spiro atoms. The molecule has 0 bridgehead atoms. The number of imidazole rings is 1. The lowest BCUT2D eigenvalue weighted by atomic mass is 9.81. The van der Waals surface area contributed by atoms with E-state index in [2.05, 4.69) is 54.8 Å². The van der Waals surface area contributed by atoms with E-state index in [0.717, 1.165) is 48.1 Å². The lowest BCUT2D eigenvalue weighted by Gasteiger charge is -2.28. The quantitative estimate of drug-likeness (QED) is 0.502. The van der Waals surface area contributed by atoms with E-state index in [9.17, 15) is 14.7 Å². The minimum Gasteiger partial charge on any atom is -0.481 e. The van der Waals surface area contributed by atoms with Crippen LogP contribution in [0.5, 0.6) is 0 Å². The number of aryl methyl sites for hydroxylation is 1. The Morgan fingerprint density at radius 2 is 1.94 bits per heavy atom. The Balaban J connectivity index is 1.57. The van der Waals surface area contributed by atoms with Crippen LogP contribution >= 0.6 is 0 Å². The van der Waals surface area contributed by atoms with Gasteiger partial charge in [-0.2, -0.15) is 0 Å². The van der Waals surface area contributed by atoms with Crippen molar-refractivity contribution >= 4 is 23.1 Å². The summed E-state index contributed by atoms with van der Waals surface area (Å²) in [4.78, 5) is 30.8. The summed E-state index contributed by atoms with van der Waals surface area (Å²) in [6.07, 6.45) is 4.38. The van der Waals surface area contributed by atoms with Crippen molar-refractivity contribution in [3.8, 4) is 0 Å². The van der Waals surface area contributed by atoms with Gasteiger partial charge in [-0.15, -0.1) is 0 Å². The molecule has 2 aromatic carbocycles. The second kappa shape index (κ2) is 9.96. The van der Waals surface area contributed by atoms with E-state index in [4.69, 9.17) is 9.72 Å². The third-order valence-corrected chi connectivity index (χ3v) is 8.02. The van der Waals surface area contributed by atoms with E-state index in [1.54, 1.807) is 4.90 Å². The first kappa shape index (κ1) is 24.3. The third kappa shape index (κ3) is 4.59. The summed E-state index contributed by atoms with van der Waals surface area (Å²) in [6, 6.07) is 13.2. The number of methoxy groups -OCH3 is 1. The molecule has 1 aromatic heterocycles. The average molecular weight is 490 g/mol. The number of carboxylic acid groups (broad SMARTS) is 1. The van der Waals surface area contributed by atoms with Crippen LogP contribution in [0.1, 0.15) is 72.6 Å². The first-order valence-electron chi connectivity index (χ1n) is 13.0. The standard InChI is InChI=1S/C29H35N3O4/c1-18-5-4-6-20(15-18)16-19(2)32-25-12-11-21-13-14-31(29(35)36-3)17-24(21)26(25)30-27(32)22-7-9-23(10-8-22)28(33)34/h4-6,11-12,15,19,22-23H,7-10,13-14,16-17H2,1-3H3,(H,33,34)/t19-,22-,23-/m1/s1.